The standard InChI is InChI=1S/C17H14N2O2/c20-17(15-11-18-21-12-15)19-16-9-5-4-8-14(16)10-13-6-2-1-3-7-13/h1-9,11-12H,10H2,(H,19,20). The Kier molecular flexibility index (Phi) is 3.78. The topological polar surface area (TPSA) is 55.1 Å². The minimum Gasteiger partial charge on any atom is -0.364 e. The van der Waals surface area contributed by atoms with Crippen molar-refractivity contribution in [3.8, 4) is 0 Å². The van der Waals surface area contributed by atoms with Crippen LogP contribution in [0.15, 0.2) is 71.6 Å². The molecule has 0 spiro atoms. The second-order valence-electron chi connectivity index (χ2n) is 4.69. The normalized spacial score (nSPS) is 10.3. The van der Waals surface area contributed by atoms with Crippen molar-refractivity contribution in [2.24, 2.45) is 0 Å². The molecule has 2 aromatic carbocycles. The first-order valence-electron chi connectivity index (χ1n) is 6.65. The van der Waals surface area contributed by atoms with Gasteiger partial charge >= 0.3 is 0 Å². The molecule has 1 amide bonds. The van der Waals surface area contributed by atoms with Crippen LogP contribution in [0.4, 0.5) is 5.69 Å². The summed E-state index contributed by atoms with van der Waals surface area (Å²) in [5.41, 5.74) is 3.47. The predicted molar refractivity (Wildman–Crippen MR) is 80.1 cm³/mol. The Balaban J connectivity index is 1.81. The number of hydrogen-bond acceptors (Lipinski definition) is 3. The van der Waals surface area contributed by atoms with Crippen LogP contribution in [0.3, 0.4) is 0 Å². The average Bonchev–Trinajstić information content (AvgIpc) is 3.05. The van der Waals surface area contributed by atoms with Gasteiger partial charge < -0.3 is 9.84 Å². The van der Waals surface area contributed by atoms with Crippen LogP contribution in [0.2, 0.25) is 0 Å². The molecule has 4 nitrogen and oxygen atoms in total. The lowest BCUT2D eigenvalue weighted by atomic mass is 10.0. The third-order valence-corrected chi connectivity index (χ3v) is 3.20. The van der Waals surface area contributed by atoms with Gasteiger partial charge in [0.15, 0.2) is 0 Å². The van der Waals surface area contributed by atoms with E-state index in [0.29, 0.717) is 5.56 Å². The molecule has 3 rings (SSSR count). The molecular formula is C17H14N2O2. The van der Waals surface area contributed by atoms with Crippen molar-refractivity contribution in [3.63, 3.8) is 0 Å². The van der Waals surface area contributed by atoms with E-state index in [-0.39, 0.29) is 5.91 Å². The zero-order valence-corrected chi connectivity index (χ0v) is 11.3. The molecule has 104 valence electrons. The molecule has 21 heavy (non-hydrogen) atoms. The number of aromatic nitrogens is 1. The molecule has 0 radical (unpaired) electrons. The molecule has 0 aliphatic carbocycles. The van der Waals surface area contributed by atoms with Crippen molar-refractivity contribution in [2.45, 2.75) is 6.42 Å². The fourth-order valence-corrected chi connectivity index (χ4v) is 2.12. The van der Waals surface area contributed by atoms with Gasteiger partial charge in [-0.2, -0.15) is 0 Å². The highest BCUT2D eigenvalue weighted by Crippen LogP contribution is 2.19. The summed E-state index contributed by atoms with van der Waals surface area (Å²) in [6.45, 7) is 0. The van der Waals surface area contributed by atoms with Gasteiger partial charge in [0.1, 0.15) is 6.26 Å². The summed E-state index contributed by atoms with van der Waals surface area (Å²) >= 11 is 0. The minimum atomic E-state index is -0.225. The van der Waals surface area contributed by atoms with E-state index in [1.165, 1.54) is 18.0 Å². The van der Waals surface area contributed by atoms with Crippen LogP contribution in [-0.2, 0) is 6.42 Å². The molecular weight excluding hydrogens is 264 g/mol. The van der Waals surface area contributed by atoms with Gasteiger partial charge in [-0.25, -0.2) is 0 Å². The van der Waals surface area contributed by atoms with E-state index in [1.807, 2.05) is 42.5 Å². The van der Waals surface area contributed by atoms with E-state index in [1.54, 1.807) is 0 Å². The van der Waals surface area contributed by atoms with Crippen molar-refractivity contribution < 1.29 is 9.32 Å². The van der Waals surface area contributed by atoms with E-state index in [4.69, 9.17) is 0 Å². The first-order valence-corrected chi connectivity index (χ1v) is 6.65. The summed E-state index contributed by atoms with van der Waals surface area (Å²) in [7, 11) is 0. The summed E-state index contributed by atoms with van der Waals surface area (Å²) < 4.78 is 4.69. The van der Waals surface area contributed by atoms with E-state index >= 15 is 0 Å². The molecule has 0 fully saturated rings. The van der Waals surface area contributed by atoms with Gasteiger partial charge in [0.25, 0.3) is 5.91 Å². The van der Waals surface area contributed by atoms with Crippen LogP contribution in [0, 0.1) is 0 Å². The maximum atomic E-state index is 12.1. The lowest BCUT2D eigenvalue weighted by Gasteiger charge is -2.10. The van der Waals surface area contributed by atoms with Crippen molar-refractivity contribution in [2.75, 3.05) is 5.32 Å². The van der Waals surface area contributed by atoms with Gasteiger partial charge in [-0.15, -0.1) is 0 Å². The lowest BCUT2D eigenvalue weighted by molar-refractivity contribution is 0.102. The van der Waals surface area contributed by atoms with Crippen molar-refractivity contribution in [3.05, 3.63) is 83.7 Å². The number of carbonyl (C=O) groups is 1. The van der Waals surface area contributed by atoms with Crippen molar-refractivity contribution in [1.29, 1.82) is 0 Å². The van der Waals surface area contributed by atoms with Crippen molar-refractivity contribution in [1.82, 2.24) is 5.16 Å². The molecule has 0 saturated heterocycles. The summed E-state index contributed by atoms with van der Waals surface area (Å²) in [5.74, 6) is -0.225. The number of nitrogens with zero attached hydrogens (tertiary/aromatic N) is 1. The molecule has 1 N–H and O–H groups in total. The van der Waals surface area contributed by atoms with Gasteiger partial charge in [-0.05, 0) is 23.6 Å². The maximum Gasteiger partial charge on any atom is 0.260 e. The molecule has 0 aliphatic rings. The number of rotatable bonds is 4. The number of anilines is 1. The molecule has 0 atom stereocenters. The second kappa shape index (κ2) is 6.05. The minimum absolute atomic E-state index is 0.225. The smallest absolute Gasteiger partial charge is 0.260 e. The fraction of sp³-hybridized carbons (Fsp3) is 0.0588. The molecule has 4 heteroatoms. The fourth-order valence-electron chi connectivity index (χ4n) is 2.12. The van der Waals surface area contributed by atoms with Gasteiger partial charge in [-0.3, -0.25) is 4.79 Å². The highest BCUT2D eigenvalue weighted by Gasteiger charge is 2.10. The molecule has 0 aliphatic heterocycles. The number of carbonyl (C=O) groups excluding carboxylic acids is 1. The molecule has 0 unspecified atom stereocenters. The maximum absolute atomic E-state index is 12.1. The SMILES string of the molecule is O=C(Nc1ccccc1Cc1ccccc1)c1cnoc1. The van der Waals surface area contributed by atoms with Gasteiger partial charge in [0.2, 0.25) is 0 Å². The van der Waals surface area contributed by atoms with Crippen LogP contribution in [-0.4, -0.2) is 11.1 Å². The molecule has 3 aromatic rings. The van der Waals surface area contributed by atoms with Crippen LogP contribution in [0.25, 0.3) is 0 Å². The van der Waals surface area contributed by atoms with E-state index in [2.05, 4.69) is 27.1 Å². The third kappa shape index (κ3) is 3.17. The highest BCUT2D eigenvalue weighted by molar-refractivity contribution is 6.04. The van der Waals surface area contributed by atoms with Gasteiger partial charge in [0, 0.05) is 5.69 Å². The molecule has 1 heterocycles. The van der Waals surface area contributed by atoms with Gasteiger partial charge in [0.05, 0.1) is 11.8 Å². The first-order chi connectivity index (χ1) is 10.3. The van der Waals surface area contributed by atoms with Crippen molar-refractivity contribution >= 4 is 11.6 Å². The summed E-state index contributed by atoms with van der Waals surface area (Å²) in [6, 6.07) is 17.9. The zero-order valence-electron chi connectivity index (χ0n) is 11.3. The number of benzene rings is 2. The Hall–Kier alpha value is -2.88. The quantitative estimate of drug-likeness (QED) is 0.794. The number of hydrogen-bond donors (Lipinski definition) is 1. The van der Waals surface area contributed by atoms with E-state index in [0.717, 1.165) is 17.7 Å². The number of amides is 1. The lowest BCUT2D eigenvalue weighted by Crippen LogP contribution is -2.12. The van der Waals surface area contributed by atoms with Crippen LogP contribution < -0.4 is 5.32 Å². The Bertz CT molecular complexity index is 722. The largest absolute Gasteiger partial charge is 0.364 e. The summed E-state index contributed by atoms with van der Waals surface area (Å²) in [6.07, 6.45) is 3.49. The highest BCUT2D eigenvalue weighted by atomic mass is 16.5. The Morgan fingerprint density at radius 2 is 1.81 bits per heavy atom. The third-order valence-electron chi connectivity index (χ3n) is 3.20. The molecule has 1 aromatic heterocycles. The summed E-state index contributed by atoms with van der Waals surface area (Å²) in [5, 5.41) is 6.43. The molecule has 0 bridgehead atoms. The van der Waals surface area contributed by atoms with Crippen LogP contribution >= 0.6 is 0 Å². The monoisotopic (exact) mass is 278 g/mol. The van der Waals surface area contributed by atoms with Gasteiger partial charge in [-0.1, -0.05) is 53.7 Å². The van der Waals surface area contributed by atoms with E-state index < -0.39 is 0 Å². The molecule has 0 saturated carbocycles. The first kappa shape index (κ1) is 13.1. The zero-order chi connectivity index (χ0) is 14.5. The summed E-state index contributed by atoms with van der Waals surface area (Å²) in [4.78, 5) is 12.1. The Morgan fingerprint density at radius 3 is 2.57 bits per heavy atom. The second-order valence-corrected chi connectivity index (χ2v) is 4.69. The average molecular weight is 278 g/mol. The van der Waals surface area contributed by atoms with E-state index in [9.17, 15) is 4.79 Å². The van der Waals surface area contributed by atoms with Crippen LogP contribution in [0.5, 0.6) is 0 Å². The Morgan fingerprint density at radius 1 is 1.05 bits per heavy atom. The number of nitrogens with one attached hydrogen (secondary N) is 1. The van der Waals surface area contributed by atoms with Crippen LogP contribution in [0.1, 0.15) is 21.5 Å². The number of para-hydroxylation sites is 1. The predicted octanol–water partition coefficient (Wildman–Crippen LogP) is 3.52. The Labute approximate surface area is 122 Å².